The molecule has 7 nitrogen and oxygen atoms in total. The Morgan fingerprint density at radius 3 is 2.42 bits per heavy atom. The molecule has 1 aromatic carbocycles. The van der Waals surface area contributed by atoms with E-state index in [0.29, 0.717) is 31.0 Å². The number of nitrogens with one attached hydrogen (secondary N) is 1. The molecule has 2 aromatic rings. The van der Waals surface area contributed by atoms with Gasteiger partial charge in [-0.2, -0.15) is 4.31 Å². The van der Waals surface area contributed by atoms with Gasteiger partial charge in [0.25, 0.3) is 5.91 Å². The fourth-order valence-corrected chi connectivity index (χ4v) is 4.27. The van der Waals surface area contributed by atoms with Gasteiger partial charge in [-0.25, -0.2) is 8.42 Å². The van der Waals surface area contributed by atoms with Crippen molar-refractivity contribution in [1.29, 1.82) is 0 Å². The summed E-state index contributed by atoms with van der Waals surface area (Å²) in [5, 5.41) is 2.77. The predicted molar refractivity (Wildman–Crippen MR) is 99.5 cm³/mol. The summed E-state index contributed by atoms with van der Waals surface area (Å²) in [6.07, 6.45) is 3.18. The lowest BCUT2D eigenvalue weighted by molar-refractivity contribution is 0.0950. The summed E-state index contributed by atoms with van der Waals surface area (Å²) in [5.41, 5.74) is 6.67. The van der Waals surface area contributed by atoms with E-state index in [0.717, 1.165) is 18.4 Å². The molecule has 1 aliphatic rings. The first-order chi connectivity index (χ1) is 12.0. The standard InChI is InChI=1S/C17H21N3O4S.ClH/c18-10-15-9-14(12-24-15)17(21)19-11-13-3-5-16(6-4-13)25(22,23)20-7-1-2-8-20;/h3-6,9,12H,1-2,7-8,10-11,18H2,(H,19,21);1H. The SMILES string of the molecule is Cl.NCc1cc(C(=O)NCc2ccc(S(=O)(=O)N3CCCC3)cc2)co1. The highest BCUT2D eigenvalue weighted by atomic mass is 35.5. The summed E-state index contributed by atoms with van der Waals surface area (Å²) in [4.78, 5) is 12.3. The summed E-state index contributed by atoms with van der Waals surface area (Å²) in [6, 6.07) is 8.19. The van der Waals surface area contributed by atoms with E-state index in [1.54, 1.807) is 30.3 Å². The molecule has 0 bridgehead atoms. The van der Waals surface area contributed by atoms with Gasteiger partial charge < -0.3 is 15.5 Å². The van der Waals surface area contributed by atoms with E-state index in [1.807, 2.05) is 0 Å². The molecule has 1 fully saturated rings. The number of carbonyl (C=O) groups excluding carboxylic acids is 1. The zero-order chi connectivity index (χ0) is 17.9. The first kappa shape index (κ1) is 20.4. The second-order valence-electron chi connectivity index (χ2n) is 5.94. The van der Waals surface area contributed by atoms with Crippen LogP contribution >= 0.6 is 12.4 Å². The molecular formula is C17H22ClN3O4S. The van der Waals surface area contributed by atoms with E-state index in [-0.39, 0.29) is 29.8 Å². The van der Waals surface area contributed by atoms with Crippen LogP contribution in [0.25, 0.3) is 0 Å². The monoisotopic (exact) mass is 399 g/mol. The van der Waals surface area contributed by atoms with Crippen molar-refractivity contribution in [3.05, 3.63) is 53.5 Å². The number of rotatable bonds is 6. The summed E-state index contributed by atoms with van der Waals surface area (Å²) < 4.78 is 31.6. The number of furan rings is 1. The number of benzene rings is 1. The quantitative estimate of drug-likeness (QED) is 0.771. The smallest absolute Gasteiger partial charge is 0.254 e. The van der Waals surface area contributed by atoms with Crippen LogP contribution in [-0.4, -0.2) is 31.7 Å². The molecule has 26 heavy (non-hydrogen) atoms. The number of nitrogens with two attached hydrogens (primary N) is 1. The third kappa shape index (κ3) is 4.45. The van der Waals surface area contributed by atoms with E-state index in [2.05, 4.69) is 5.32 Å². The van der Waals surface area contributed by atoms with E-state index in [4.69, 9.17) is 10.2 Å². The highest BCUT2D eigenvalue weighted by Crippen LogP contribution is 2.21. The highest BCUT2D eigenvalue weighted by Gasteiger charge is 2.26. The van der Waals surface area contributed by atoms with Crippen molar-refractivity contribution in [3.63, 3.8) is 0 Å². The average molecular weight is 400 g/mol. The molecule has 1 amide bonds. The molecule has 0 atom stereocenters. The zero-order valence-electron chi connectivity index (χ0n) is 14.2. The van der Waals surface area contributed by atoms with Gasteiger partial charge in [0.15, 0.2) is 0 Å². The molecule has 142 valence electrons. The summed E-state index contributed by atoms with van der Waals surface area (Å²) in [5.74, 6) is 0.277. The second kappa shape index (κ2) is 8.68. The molecule has 3 rings (SSSR count). The van der Waals surface area contributed by atoms with Crippen molar-refractivity contribution in [3.8, 4) is 0 Å². The van der Waals surface area contributed by atoms with Crippen LogP contribution in [0.2, 0.25) is 0 Å². The minimum absolute atomic E-state index is 0. The lowest BCUT2D eigenvalue weighted by Crippen LogP contribution is -2.27. The zero-order valence-corrected chi connectivity index (χ0v) is 15.8. The van der Waals surface area contributed by atoms with Crippen molar-refractivity contribution in [2.75, 3.05) is 13.1 Å². The highest BCUT2D eigenvalue weighted by molar-refractivity contribution is 7.89. The maximum Gasteiger partial charge on any atom is 0.254 e. The summed E-state index contributed by atoms with van der Waals surface area (Å²) in [7, 11) is -3.41. The lowest BCUT2D eigenvalue weighted by Gasteiger charge is -2.15. The summed E-state index contributed by atoms with van der Waals surface area (Å²) >= 11 is 0. The Morgan fingerprint density at radius 1 is 1.19 bits per heavy atom. The number of nitrogens with zero attached hydrogens (tertiary/aromatic N) is 1. The van der Waals surface area contributed by atoms with E-state index >= 15 is 0 Å². The van der Waals surface area contributed by atoms with Gasteiger partial charge in [-0.15, -0.1) is 12.4 Å². The Balaban J connectivity index is 0.00000243. The number of sulfonamides is 1. The van der Waals surface area contributed by atoms with E-state index in [9.17, 15) is 13.2 Å². The van der Waals surface area contributed by atoms with Crippen LogP contribution in [-0.2, 0) is 23.1 Å². The third-order valence-electron chi connectivity index (χ3n) is 4.20. The minimum atomic E-state index is -3.41. The maximum atomic E-state index is 12.5. The van der Waals surface area contributed by atoms with Gasteiger partial charge in [0.1, 0.15) is 12.0 Å². The molecule has 0 radical (unpaired) electrons. The van der Waals surface area contributed by atoms with Gasteiger partial charge in [0, 0.05) is 19.6 Å². The van der Waals surface area contributed by atoms with Gasteiger partial charge in [0.2, 0.25) is 10.0 Å². The van der Waals surface area contributed by atoms with Crippen molar-refractivity contribution >= 4 is 28.3 Å². The van der Waals surface area contributed by atoms with Gasteiger partial charge in [-0.05, 0) is 36.6 Å². The Bertz CT molecular complexity index is 843. The Kier molecular flexibility index (Phi) is 6.82. The van der Waals surface area contributed by atoms with Crippen molar-refractivity contribution in [2.45, 2.75) is 30.8 Å². The largest absolute Gasteiger partial charge is 0.467 e. The topological polar surface area (TPSA) is 106 Å². The molecule has 1 aromatic heterocycles. The molecule has 0 unspecified atom stereocenters. The Hall–Kier alpha value is -1.87. The van der Waals surface area contributed by atoms with Crippen LogP contribution in [0.5, 0.6) is 0 Å². The molecule has 3 N–H and O–H groups in total. The van der Waals surface area contributed by atoms with E-state index < -0.39 is 10.0 Å². The number of halogens is 1. The van der Waals surface area contributed by atoms with Crippen LogP contribution in [0.1, 0.15) is 34.5 Å². The van der Waals surface area contributed by atoms with Crippen molar-refractivity contribution in [1.82, 2.24) is 9.62 Å². The lowest BCUT2D eigenvalue weighted by atomic mass is 10.2. The first-order valence-corrected chi connectivity index (χ1v) is 9.59. The average Bonchev–Trinajstić information content (AvgIpc) is 3.31. The molecule has 9 heteroatoms. The van der Waals surface area contributed by atoms with Crippen LogP contribution in [0.3, 0.4) is 0 Å². The van der Waals surface area contributed by atoms with Gasteiger partial charge >= 0.3 is 0 Å². The molecule has 0 aliphatic carbocycles. The van der Waals surface area contributed by atoms with Crippen LogP contribution in [0.4, 0.5) is 0 Å². The van der Waals surface area contributed by atoms with Crippen LogP contribution < -0.4 is 11.1 Å². The van der Waals surface area contributed by atoms with Crippen LogP contribution in [0, 0.1) is 0 Å². The number of amides is 1. The third-order valence-corrected chi connectivity index (χ3v) is 6.11. The van der Waals surface area contributed by atoms with E-state index in [1.165, 1.54) is 10.6 Å². The van der Waals surface area contributed by atoms with Gasteiger partial charge in [-0.1, -0.05) is 12.1 Å². The molecule has 0 saturated carbocycles. The molecule has 1 saturated heterocycles. The van der Waals surface area contributed by atoms with Crippen LogP contribution in [0.15, 0.2) is 45.9 Å². The first-order valence-electron chi connectivity index (χ1n) is 8.15. The fraction of sp³-hybridized carbons (Fsp3) is 0.353. The van der Waals surface area contributed by atoms with Gasteiger partial charge in [-0.3, -0.25) is 4.79 Å². The number of hydrogen-bond acceptors (Lipinski definition) is 5. The minimum Gasteiger partial charge on any atom is -0.467 e. The van der Waals surface area contributed by atoms with Gasteiger partial charge in [0.05, 0.1) is 17.0 Å². The second-order valence-corrected chi connectivity index (χ2v) is 7.88. The predicted octanol–water partition coefficient (Wildman–Crippen LogP) is 1.87. The summed E-state index contributed by atoms with van der Waals surface area (Å²) in [6.45, 7) is 1.69. The number of hydrogen-bond donors (Lipinski definition) is 2. The molecule has 0 spiro atoms. The van der Waals surface area contributed by atoms with Crippen molar-refractivity contribution < 1.29 is 17.6 Å². The van der Waals surface area contributed by atoms with Crippen molar-refractivity contribution in [2.24, 2.45) is 5.73 Å². The molecule has 1 aliphatic heterocycles. The molecule has 2 heterocycles. The molecular weight excluding hydrogens is 378 g/mol. The number of carbonyl (C=O) groups is 1. The Labute approximate surface area is 159 Å². The fourth-order valence-electron chi connectivity index (χ4n) is 2.75. The Morgan fingerprint density at radius 2 is 1.85 bits per heavy atom. The maximum absolute atomic E-state index is 12.5. The normalized spacial score (nSPS) is 14.8.